The van der Waals surface area contributed by atoms with Crippen LogP contribution in [0.25, 0.3) is 0 Å². The van der Waals surface area contributed by atoms with E-state index in [1.54, 1.807) is 48.8 Å². The van der Waals surface area contributed by atoms with Gasteiger partial charge in [0.25, 0.3) is 5.91 Å². The van der Waals surface area contributed by atoms with Crippen LogP contribution in [0.2, 0.25) is 0 Å². The molecule has 0 bridgehead atoms. The second kappa shape index (κ2) is 9.17. The van der Waals surface area contributed by atoms with Gasteiger partial charge in [0.15, 0.2) is 0 Å². The van der Waals surface area contributed by atoms with Crippen LogP contribution < -0.4 is 10.1 Å². The number of aryl methyl sites for hydroxylation is 1. The number of rotatable bonds is 8. The summed E-state index contributed by atoms with van der Waals surface area (Å²) in [6.45, 7) is 2.77. The zero-order chi connectivity index (χ0) is 19.9. The van der Waals surface area contributed by atoms with Crippen LogP contribution in [0.5, 0.6) is 5.75 Å². The first kappa shape index (κ1) is 19.6. The highest BCUT2D eigenvalue weighted by Gasteiger charge is 2.21. The number of amides is 1. The Balaban J connectivity index is 1.78. The SMILES string of the molecule is CCCCOc1ccc(C(=O)NC(c2ccc(F)cc2)c2nccn2C)cc1. The molecule has 0 aliphatic carbocycles. The molecule has 0 spiro atoms. The Labute approximate surface area is 164 Å². The average molecular weight is 381 g/mol. The number of imidazole rings is 1. The molecule has 1 N–H and O–H groups in total. The van der Waals surface area contributed by atoms with Gasteiger partial charge in [-0.1, -0.05) is 25.5 Å². The molecule has 3 rings (SSSR count). The Morgan fingerprint density at radius 3 is 2.50 bits per heavy atom. The molecule has 3 aromatic rings. The van der Waals surface area contributed by atoms with E-state index in [0.717, 1.165) is 24.2 Å². The Bertz CT molecular complexity index is 904. The molecule has 28 heavy (non-hydrogen) atoms. The van der Waals surface area contributed by atoms with Crippen LogP contribution >= 0.6 is 0 Å². The van der Waals surface area contributed by atoms with Gasteiger partial charge in [-0.3, -0.25) is 4.79 Å². The lowest BCUT2D eigenvalue weighted by atomic mass is 10.1. The van der Waals surface area contributed by atoms with Crippen molar-refractivity contribution in [2.24, 2.45) is 7.05 Å². The number of aromatic nitrogens is 2. The first-order valence-electron chi connectivity index (χ1n) is 9.35. The smallest absolute Gasteiger partial charge is 0.252 e. The number of nitrogens with one attached hydrogen (secondary N) is 1. The van der Waals surface area contributed by atoms with E-state index in [-0.39, 0.29) is 11.7 Å². The average Bonchev–Trinajstić information content (AvgIpc) is 3.13. The summed E-state index contributed by atoms with van der Waals surface area (Å²) in [5.74, 6) is 0.841. The zero-order valence-corrected chi connectivity index (χ0v) is 16.1. The highest BCUT2D eigenvalue weighted by molar-refractivity contribution is 5.94. The minimum atomic E-state index is -0.492. The highest BCUT2D eigenvalue weighted by Crippen LogP contribution is 2.22. The van der Waals surface area contributed by atoms with E-state index in [0.29, 0.717) is 18.0 Å². The van der Waals surface area contributed by atoms with Crippen molar-refractivity contribution in [3.8, 4) is 5.75 Å². The van der Waals surface area contributed by atoms with Crippen LogP contribution in [0, 0.1) is 5.82 Å². The van der Waals surface area contributed by atoms with Crippen LogP contribution in [0.4, 0.5) is 4.39 Å². The fraction of sp³-hybridized carbons (Fsp3) is 0.273. The lowest BCUT2D eigenvalue weighted by Crippen LogP contribution is -2.31. The quantitative estimate of drug-likeness (QED) is 0.593. The van der Waals surface area contributed by atoms with Crippen LogP contribution in [0.1, 0.15) is 47.6 Å². The molecule has 1 aromatic heterocycles. The standard InChI is InChI=1S/C22H24FN3O2/c1-3-4-15-28-19-11-7-17(8-12-19)22(27)25-20(21-24-13-14-26(21)2)16-5-9-18(23)10-6-16/h5-14,20H,3-4,15H2,1-2H3,(H,25,27). The van der Waals surface area contributed by atoms with Crippen molar-refractivity contribution in [1.29, 1.82) is 0 Å². The van der Waals surface area contributed by atoms with Crippen molar-refractivity contribution in [2.75, 3.05) is 6.61 Å². The molecule has 0 aliphatic rings. The molecule has 0 radical (unpaired) electrons. The molecule has 0 aliphatic heterocycles. The fourth-order valence-corrected chi connectivity index (χ4v) is 2.86. The maximum atomic E-state index is 13.3. The summed E-state index contributed by atoms with van der Waals surface area (Å²) in [5.41, 5.74) is 1.27. The van der Waals surface area contributed by atoms with Gasteiger partial charge in [-0.25, -0.2) is 9.37 Å². The number of hydrogen-bond acceptors (Lipinski definition) is 3. The highest BCUT2D eigenvalue weighted by atomic mass is 19.1. The Kier molecular flexibility index (Phi) is 6.42. The van der Waals surface area contributed by atoms with Crippen molar-refractivity contribution >= 4 is 5.91 Å². The summed E-state index contributed by atoms with van der Waals surface area (Å²) in [5, 5.41) is 3.00. The van der Waals surface area contributed by atoms with E-state index in [2.05, 4.69) is 17.2 Å². The topological polar surface area (TPSA) is 56.1 Å². The lowest BCUT2D eigenvalue weighted by Gasteiger charge is -2.19. The fourth-order valence-electron chi connectivity index (χ4n) is 2.86. The van der Waals surface area contributed by atoms with E-state index in [9.17, 15) is 9.18 Å². The molecule has 5 nitrogen and oxygen atoms in total. The monoisotopic (exact) mass is 381 g/mol. The normalized spacial score (nSPS) is 11.8. The minimum absolute atomic E-state index is 0.238. The summed E-state index contributed by atoms with van der Waals surface area (Å²) in [4.78, 5) is 17.2. The summed E-state index contributed by atoms with van der Waals surface area (Å²) < 4.78 is 20.8. The number of halogens is 1. The Hall–Kier alpha value is -3.15. The van der Waals surface area contributed by atoms with Crippen molar-refractivity contribution < 1.29 is 13.9 Å². The van der Waals surface area contributed by atoms with E-state index < -0.39 is 6.04 Å². The number of carbonyl (C=O) groups excluding carboxylic acids is 1. The van der Waals surface area contributed by atoms with Crippen LogP contribution in [-0.2, 0) is 7.05 Å². The molecular formula is C22H24FN3O2. The molecule has 1 unspecified atom stereocenters. The predicted octanol–water partition coefficient (Wildman–Crippen LogP) is 4.26. The van der Waals surface area contributed by atoms with Crippen molar-refractivity contribution in [2.45, 2.75) is 25.8 Å². The molecule has 0 saturated heterocycles. The maximum Gasteiger partial charge on any atom is 0.252 e. The first-order chi connectivity index (χ1) is 13.6. The number of carbonyl (C=O) groups is 1. The van der Waals surface area contributed by atoms with Crippen LogP contribution in [-0.4, -0.2) is 22.1 Å². The van der Waals surface area contributed by atoms with Crippen molar-refractivity contribution in [1.82, 2.24) is 14.9 Å². The number of benzene rings is 2. The van der Waals surface area contributed by atoms with E-state index in [1.807, 2.05) is 11.6 Å². The second-order valence-corrected chi connectivity index (χ2v) is 6.58. The van der Waals surface area contributed by atoms with Gasteiger partial charge >= 0.3 is 0 Å². The number of unbranched alkanes of at least 4 members (excludes halogenated alkanes) is 1. The Morgan fingerprint density at radius 1 is 1.18 bits per heavy atom. The largest absolute Gasteiger partial charge is 0.494 e. The number of hydrogen-bond donors (Lipinski definition) is 1. The maximum absolute atomic E-state index is 13.3. The van der Waals surface area contributed by atoms with E-state index in [4.69, 9.17) is 4.74 Å². The summed E-state index contributed by atoms with van der Waals surface area (Å²) in [6, 6.07) is 12.6. The van der Waals surface area contributed by atoms with E-state index in [1.165, 1.54) is 12.1 Å². The third kappa shape index (κ3) is 4.76. The number of nitrogens with zero attached hydrogens (tertiary/aromatic N) is 2. The molecule has 0 saturated carbocycles. The zero-order valence-electron chi connectivity index (χ0n) is 16.1. The molecule has 0 fully saturated rings. The van der Waals surface area contributed by atoms with Gasteiger partial charge in [0.2, 0.25) is 0 Å². The first-order valence-corrected chi connectivity index (χ1v) is 9.35. The molecular weight excluding hydrogens is 357 g/mol. The second-order valence-electron chi connectivity index (χ2n) is 6.58. The van der Waals surface area contributed by atoms with Gasteiger partial charge in [-0.2, -0.15) is 0 Å². The molecule has 1 heterocycles. The van der Waals surface area contributed by atoms with Crippen molar-refractivity contribution in [3.63, 3.8) is 0 Å². The van der Waals surface area contributed by atoms with Crippen LogP contribution in [0.15, 0.2) is 60.9 Å². The molecule has 146 valence electrons. The predicted molar refractivity (Wildman–Crippen MR) is 106 cm³/mol. The van der Waals surface area contributed by atoms with E-state index >= 15 is 0 Å². The number of ether oxygens (including phenoxy) is 1. The van der Waals surface area contributed by atoms with Gasteiger partial charge in [0.05, 0.1) is 6.61 Å². The summed E-state index contributed by atoms with van der Waals surface area (Å²) in [7, 11) is 1.85. The van der Waals surface area contributed by atoms with Crippen LogP contribution in [0.3, 0.4) is 0 Å². The van der Waals surface area contributed by atoms with Crippen molar-refractivity contribution in [3.05, 3.63) is 83.7 Å². The molecule has 1 amide bonds. The van der Waals surface area contributed by atoms with Gasteiger partial charge < -0.3 is 14.6 Å². The van der Waals surface area contributed by atoms with Gasteiger partial charge in [-0.05, 0) is 48.4 Å². The summed E-state index contributed by atoms with van der Waals surface area (Å²) >= 11 is 0. The van der Waals surface area contributed by atoms with Gasteiger partial charge in [0, 0.05) is 25.0 Å². The third-order valence-electron chi connectivity index (χ3n) is 4.48. The van der Waals surface area contributed by atoms with Gasteiger partial charge in [-0.15, -0.1) is 0 Å². The Morgan fingerprint density at radius 2 is 1.89 bits per heavy atom. The van der Waals surface area contributed by atoms with Gasteiger partial charge in [0.1, 0.15) is 23.4 Å². The minimum Gasteiger partial charge on any atom is -0.494 e. The molecule has 2 aromatic carbocycles. The molecule has 1 atom stereocenters. The summed E-state index contributed by atoms with van der Waals surface area (Å²) in [6.07, 6.45) is 5.53. The lowest BCUT2D eigenvalue weighted by molar-refractivity contribution is 0.0941. The third-order valence-corrected chi connectivity index (χ3v) is 4.48. The molecule has 6 heteroatoms.